The maximum atomic E-state index is 10.9. The Kier molecular flexibility index (Phi) is 3.09. The van der Waals surface area contributed by atoms with Crippen LogP contribution in [-0.4, -0.2) is 9.91 Å². The van der Waals surface area contributed by atoms with E-state index in [0.29, 0.717) is 11.4 Å². The van der Waals surface area contributed by atoms with E-state index in [1.165, 1.54) is 18.5 Å². The topological polar surface area (TPSA) is 91.3 Å². The van der Waals surface area contributed by atoms with Crippen LogP contribution in [0.15, 0.2) is 36.7 Å². The van der Waals surface area contributed by atoms with Crippen LogP contribution in [0.5, 0.6) is 11.5 Å². The Morgan fingerprint density at radius 2 is 2.11 bits per heavy atom. The van der Waals surface area contributed by atoms with Crippen molar-refractivity contribution in [3.63, 3.8) is 0 Å². The van der Waals surface area contributed by atoms with Crippen molar-refractivity contribution >= 4 is 11.4 Å². The van der Waals surface area contributed by atoms with Crippen LogP contribution in [0.3, 0.4) is 0 Å². The number of anilines is 1. The second kappa shape index (κ2) is 4.70. The molecule has 0 saturated heterocycles. The van der Waals surface area contributed by atoms with E-state index in [2.05, 4.69) is 4.98 Å². The van der Waals surface area contributed by atoms with Gasteiger partial charge in [0.1, 0.15) is 0 Å². The molecule has 2 rings (SSSR count). The minimum absolute atomic E-state index is 0.0915. The average Bonchev–Trinajstić information content (AvgIpc) is 2.34. The Labute approximate surface area is 103 Å². The van der Waals surface area contributed by atoms with Gasteiger partial charge in [-0.15, -0.1) is 0 Å². The van der Waals surface area contributed by atoms with Gasteiger partial charge in [-0.25, -0.2) is 0 Å². The number of rotatable bonds is 3. The van der Waals surface area contributed by atoms with Crippen molar-refractivity contribution < 1.29 is 9.66 Å². The van der Waals surface area contributed by atoms with Gasteiger partial charge in [0.25, 0.3) is 0 Å². The Morgan fingerprint density at radius 3 is 2.78 bits per heavy atom. The Morgan fingerprint density at radius 1 is 1.33 bits per heavy atom. The molecule has 92 valence electrons. The highest BCUT2D eigenvalue weighted by molar-refractivity contribution is 5.55. The first-order chi connectivity index (χ1) is 8.58. The van der Waals surface area contributed by atoms with Gasteiger partial charge in [0.2, 0.25) is 5.75 Å². The van der Waals surface area contributed by atoms with Crippen molar-refractivity contribution in [2.45, 2.75) is 6.92 Å². The van der Waals surface area contributed by atoms with Crippen LogP contribution in [0.25, 0.3) is 0 Å². The lowest BCUT2D eigenvalue weighted by atomic mass is 10.2. The van der Waals surface area contributed by atoms with E-state index in [1.54, 1.807) is 25.1 Å². The molecule has 1 heterocycles. The number of nitrogen functional groups attached to an aromatic ring is 1. The third-order valence-corrected chi connectivity index (χ3v) is 2.34. The number of nitro groups is 1. The summed E-state index contributed by atoms with van der Waals surface area (Å²) in [6.45, 7) is 1.78. The molecule has 0 saturated carbocycles. The first kappa shape index (κ1) is 11.8. The lowest BCUT2D eigenvalue weighted by Crippen LogP contribution is -1.96. The molecule has 6 nitrogen and oxygen atoms in total. The van der Waals surface area contributed by atoms with E-state index in [1.807, 2.05) is 0 Å². The highest BCUT2D eigenvalue weighted by Gasteiger charge is 2.16. The summed E-state index contributed by atoms with van der Waals surface area (Å²) in [6, 6.07) is 6.29. The van der Waals surface area contributed by atoms with E-state index in [0.717, 1.165) is 5.56 Å². The molecular formula is C12H11N3O3. The van der Waals surface area contributed by atoms with E-state index in [-0.39, 0.29) is 11.4 Å². The summed E-state index contributed by atoms with van der Waals surface area (Å²) in [5, 5.41) is 10.9. The van der Waals surface area contributed by atoms with Crippen LogP contribution in [0.4, 0.5) is 11.4 Å². The summed E-state index contributed by atoms with van der Waals surface area (Å²) < 4.78 is 5.45. The number of hydrogen-bond acceptors (Lipinski definition) is 5. The summed E-state index contributed by atoms with van der Waals surface area (Å²) in [6.07, 6.45) is 2.93. The second-order valence-corrected chi connectivity index (χ2v) is 3.74. The van der Waals surface area contributed by atoms with Gasteiger partial charge >= 0.3 is 5.69 Å². The Bertz CT molecular complexity index is 599. The molecule has 0 radical (unpaired) electrons. The molecule has 0 atom stereocenters. The quantitative estimate of drug-likeness (QED) is 0.663. The van der Waals surface area contributed by atoms with Gasteiger partial charge in [-0.05, 0) is 18.6 Å². The van der Waals surface area contributed by atoms with Crippen molar-refractivity contribution in [1.82, 2.24) is 4.98 Å². The van der Waals surface area contributed by atoms with E-state index >= 15 is 0 Å². The summed E-state index contributed by atoms with van der Waals surface area (Å²) in [7, 11) is 0. The van der Waals surface area contributed by atoms with Crippen molar-refractivity contribution in [1.29, 1.82) is 0 Å². The van der Waals surface area contributed by atoms with Gasteiger partial charge in [-0.2, -0.15) is 0 Å². The lowest BCUT2D eigenvalue weighted by molar-refractivity contribution is -0.385. The Hall–Kier alpha value is -2.63. The third kappa shape index (κ3) is 2.37. The average molecular weight is 245 g/mol. The van der Waals surface area contributed by atoms with Crippen LogP contribution in [0, 0.1) is 17.0 Å². The second-order valence-electron chi connectivity index (χ2n) is 3.74. The number of pyridine rings is 1. The van der Waals surface area contributed by atoms with E-state index in [4.69, 9.17) is 10.5 Å². The number of aromatic nitrogens is 1. The molecule has 0 amide bonds. The van der Waals surface area contributed by atoms with Gasteiger partial charge in [0.15, 0.2) is 5.75 Å². The molecule has 0 aliphatic rings. The van der Waals surface area contributed by atoms with Gasteiger partial charge in [0, 0.05) is 18.3 Å². The molecule has 0 bridgehead atoms. The lowest BCUT2D eigenvalue weighted by Gasteiger charge is -2.08. The molecule has 6 heteroatoms. The largest absolute Gasteiger partial charge is 0.448 e. The smallest absolute Gasteiger partial charge is 0.311 e. The zero-order chi connectivity index (χ0) is 13.1. The van der Waals surface area contributed by atoms with E-state index in [9.17, 15) is 10.1 Å². The summed E-state index contributed by atoms with van der Waals surface area (Å²) in [5.74, 6) is 0.500. The number of nitrogens with zero attached hydrogens (tertiary/aromatic N) is 2. The molecule has 18 heavy (non-hydrogen) atoms. The number of hydrogen-bond donors (Lipinski definition) is 1. The molecule has 2 N–H and O–H groups in total. The number of benzene rings is 1. The fraction of sp³-hybridized carbons (Fsp3) is 0.0833. The molecule has 0 spiro atoms. The molecule has 0 aliphatic heterocycles. The zero-order valence-electron chi connectivity index (χ0n) is 9.66. The summed E-state index contributed by atoms with van der Waals surface area (Å²) in [4.78, 5) is 14.3. The van der Waals surface area contributed by atoms with Gasteiger partial charge in [-0.1, -0.05) is 6.07 Å². The number of aryl methyl sites for hydroxylation is 1. The standard InChI is InChI=1S/C12H11N3O3/c1-8-2-3-12(10(6-8)15(16)17)18-11-4-5-14-7-9(11)13/h2-7H,13H2,1H3. The fourth-order valence-corrected chi connectivity index (χ4v) is 1.46. The predicted octanol–water partition coefficient (Wildman–Crippen LogP) is 2.67. The first-order valence-electron chi connectivity index (χ1n) is 5.20. The maximum absolute atomic E-state index is 10.9. The minimum Gasteiger partial charge on any atom is -0.448 e. The van der Waals surface area contributed by atoms with Crippen molar-refractivity contribution in [2.75, 3.05) is 5.73 Å². The summed E-state index contributed by atoms with van der Waals surface area (Å²) in [5.41, 5.74) is 6.69. The monoisotopic (exact) mass is 245 g/mol. The normalized spacial score (nSPS) is 10.1. The van der Waals surface area contributed by atoms with Crippen molar-refractivity contribution in [3.05, 3.63) is 52.3 Å². The molecular weight excluding hydrogens is 234 g/mol. The zero-order valence-corrected chi connectivity index (χ0v) is 9.66. The van der Waals surface area contributed by atoms with Crippen molar-refractivity contribution in [3.8, 4) is 11.5 Å². The van der Waals surface area contributed by atoms with Gasteiger partial charge < -0.3 is 10.5 Å². The van der Waals surface area contributed by atoms with Crippen LogP contribution in [-0.2, 0) is 0 Å². The van der Waals surface area contributed by atoms with Crippen LogP contribution < -0.4 is 10.5 Å². The molecule has 0 aliphatic carbocycles. The number of ether oxygens (including phenoxy) is 1. The SMILES string of the molecule is Cc1ccc(Oc2ccncc2N)c([N+](=O)[O-])c1. The van der Waals surface area contributed by atoms with Gasteiger partial charge in [-0.3, -0.25) is 15.1 Å². The summed E-state index contributed by atoms with van der Waals surface area (Å²) >= 11 is 0. The van der Waals surface area contributed by atoms with Crippen molar-refractivity contribution in [2.24, 2.45) is 0 Å². The number of nitro benzene ring substituents is 1. The molecule has 0 unspecified atom stereocenters. The van der Waals surface area contributed by atoms with E-state index < -0.39 is 4.92 Å². The molecule has 0 fully saturated rings. The number of nitrogens with two attached hydrogens (primary N) is 1. The maximum Gasteiger partial charge on any atom is 0.311 e. The van der Waals surface area contributed by atoms with Crippen LogP contribution in [0.1, 0.15) is 5.56 Å². The highest BCUT2D eigenvalue weighted by atomic mass is 16.6. The first-order valence-corrected chi connectivity index (χ1v) is 5.20. The van der Waals surface area contributed by atoms with Crippen LogP contribution in [0.2, 0.25) is 0 Å². The Balaban J connectivity index is 2.41. The molecule has 2 aromatic rings. The fourth-order valence-electron chi connectivity index (χ4n) is 1.46. The minimum atomic E-state index is -0.486. The highest BCUT2D eigenvalue weighted by Crippen LogP contribution is 2.33. The van der Waals surface area contributed by atoms with Crippen LogP contribution >= 0.6 is 0 Å². The molecule has 1 aromatic heterocycles. The third-order valence-electron chi connectivity index (χ3n) is 2.34. The van der Waals surface area contributed by atoms with Gasteiger partial charge in [0.05, 0.1) is 16.8 Å². The molecule has 1 aromatic carbocycles. The predicted molar refractivity (Wildman–Crippen MR) is 66.6 cm³/mol.